The van der Waals surface area contributed by atoms with Gasteiger partial charge in [0.05, 0.1) is 24.4 Å². The number of hydrogen-bond donors (Lipinski definition) is 0. The van der Waals surface area contributed by atoms with E-state index in [0.717, 1.165) is 30.1 Å². The molecule has 0 aliphatic carbocycles. The van der Waals surface area contributed by atoms with Crippen LogP contribution in [0.25, 0.3) is 0 Å². The number of ether oxygens (including phenoxy) is 1. The normalized spacial score (nSPS) is 23.7. The molecular weight excluding hydrogens is 320 g/mol. The number of carbonyl (C=O) groups excluding carboxylic acids is 1. The summed E-state index contributed by atoms with van der Waals surface area (Å²) >= 11 is 0. The predicted octanol–water partition coefficient (Wildman–Crippen LogP) is 1.41. The molecule has 132 valence electrons. The molecule has 2 fully saturated rings. The van der Waals surface area contributed by atoms with Crippen LogP contribution in [0.5, 0.6) is 0 Å². The molecule has 7 nitrogen and oxygen atoms in total. The Morgan fingerprint density at radius 2 is 2.20 bits per heavy atom. The summed E-state index contributed by atoms with van der Waals surface area (Å²) in [4.78, 5) is 21.1. The second-order valence-electron chi connectivity index (χ2n) is 6.67. The first-order chi connectivity index (χ1) is 12.1. The molecule has 0 unspecified atom stereocenters. The molecule has 0 saturated carbocycles. The maximum atomic E-state index is 12.7. The van der Waals surface area contributed by atoms with E-state index in [-0.39, 0.29) is 18.1 Å². The van der Waals surface area contributed by atoms with E-state index in [0.29, 0.717) is 25.4 Å². The van der Waals surface area contributed by atoms with Crippen molar-refractivity contribution in [3.8, 4) is 0 Å². The number of pyridine rings is 1. The van der Waals surface area contributed by atoms with E-state index in [4.69, 9.17) is 9.26 Å². The van der Waals surface area contributed by atoms with Gasteiger partial charge >= 0.3 is 0 Å². The number of fused-ring (bicyclic) bond motifs is 1. The topological polar surface area (TPSA) is 71.7 Å². The van der Waals surface area contributed by atoms with Crippen LogP contribution in [-0.4, -0.2) is 64.2 Å². The van der Waals surface area contributed by atoms with Crippen LogP contribution in [0, 0.1) is 13.8 Å². The molecule has 1 amide bonds. The Morgan fingerprint density at radius 3 is 2.92 bits per heavy atom. The number of hydrogen-bond acceptors (Lipinski definition) is 6. The summed E-state index contributed by atoms with van der Waals surface area (Å²) in [6, 6.07) is 5.60. The second kappa shape index (κ2) is 6.57. The lowest BCUT2D eigenvalue weighted by atomic mass is 10.1. The van der Waals surface area contributed by atoms with Gasteiger partial charge in [-0.25, -0.2) is 0 Å². The fraction of sp³-hybridized carbons (Fsp3) is 0.500. The van der Waals surface area contributed by atoms with Crippen LogP contribution in [0.1, 0.15) is 27.5 Å². The molecule has 0 N–H and O–H groups in total. The summed E-state index contributed by atoms with van der Waals surface area (Å²) in [5.74, 6) is 0.829. The number of morpholine rings is 1. The Balaban J connectivity index is 1.49. The van der Waals surface area contributed by atoms with E-state index < -0.39 is 0 Å². The highest BCUT2D eigenvalue weighted by atomic mass is 16.5. The zero-order valence-corrected chi connectivity index (χ0v) is 14.5. The van der Waals surface area contributed by atoms with Gasteiger partial charge in [0.1, 0.15) is 11.5 Å². The molecule has 2 aromatic heterocycles. The highest BCUT2D eigenvalue weighted by Crippen LogP contribution is 2.27. The van der Waals surface area contributed by atoms with E-state index in [9.17, 15) is 4.79 Å². The predicted molar refractivity (Wildman–Crippen MR) is 90.1 cm³/mol. The molecule has 25 heavy (non-hydrogen) atoms. The van der Waals surface area contributed by atoms with Crippen LogP contribution in [0.2, 0.25) is 0 Å². The molecule has 4 rings (SSSR count). The van der Waals surface area contributed by atoms with Gasteiger partial charge in [-0.3, -0.25) is 14.7 Å². The molecule has 7 heteroatoms. The van der Waals surface area contributed by atoms with Crippen molar-refractivity contribution in [2.45, 2.75) is 32.5 Å². The van der Waals surface area contributed by atoms with Crippen molar-refractivity contribution in [2.75, 3.05) is 26.2 Å². The fourth-order valence-corrected chi connectivity index (χ4v) is 3.70. The average molecular weight is 342 g/mol. The minimum Gasteiger partial charge on any atom is -0.373 e. The molecular formula is C18H22N4O3. The van der Waals surface area contributed by atoms with Crippen LogP contribution in [0.15, 0.2) is 28.9 Å². The third kappa shape index (κ3) is 3.05. The number of aromatic nitrogens is 2. The quantitative estimate of drug-likeness (QED) is 0.840. The Morgan fingerprint density at radius 1 is 1.32 bits per heavy atom. The van der Waals surface area contributed by atoms with Gasteiger partial charge in [0.25, 0.3) is 5.91 Å². The van der Waals surface area contributed by atoms with Crippen LogP contribution in [0.3, 0.4) is 0 Å². The largest absolute Gasteiger partial charge is 0.373 e. The lowest BCUT2D eigenvalue weighted by Crippen LogP contribution is -2.50. The number of nitrogens with zero attached hydrogens (tertiary/aromatic N) is 4. The molecule has 2 saturated heterocycles. The Bertz CT molecular complexity index is 741. The summed E-state index contributed by atoms with van der Waals surface area (Å²) in [7, 11) is 0. The SMILES string of the molecule is Cc1noc(C)c1CN1CCO[C@@H]2CN(C(=O)c3ccccn3)C[C@@H]21. The molecule has 2 aromatic rings. The van der Waals surface area contributed by atoms with Crippen LogP contribution >= 0.6 is 0 Å². The van der Waals surface area contributed by atoms with E-state index in [1.54, 1.807) is 12.3 Å². The van der Waals surface area contributed by atoms with Crippen LogP contribution in [-0.2, 0) is 11.3 Å². The second-order valence-corrected chi connectivity index (χ2v) is 6.67. The van der Waals surface area contributed by atoms with Gasteiger partial charge in [-0.2, -0.15) is 0 Å². The van der Waals surface area contributed by atoms with Gasteiger partial charge in [0.2, 0.25) is 0 Å². The van der Waals surface area contributed by atoms with E-state index in [1.807, 2.05) is 30.9 Å². The number of amides is 1. The maximum absolute atomic E-state index is 12.7. The zero-order valence-electron chi connectivity index (χ0n) is 14.5. The van der Waals surface area contributed by atoms with Crippen molar-refractivity contribution in [3.05, 3.63) is 47.1 Å². The minimum atomic E-state index is -0.0316. The summed E-state index contributed by atoms with van der Waals surface area (Å²) in [5, 5.41) is 4.04. The van der Waals surface area contributed by atoms with Crippen molar-refractivity contribution in [2.24, 2.45) is 0 Å². The van der Waals surface area contributed by atoms with Crippen molar-refractivity contribution in [1.82, 2.24) is 19.9 Å². The molecule has 2 aliphatic heterocycles. The molecule has 0 radical (unpaired) electrons. The van der Waals surface area contributed by atoms with Crippen molar-refractivity contribution in [3.63, 3.8) is 0 Å². The van der Waals surface area contributed by atoms with E-state index in [2.05, 4.69) is 15.0 Å². The van der Waals surface area contributed by atoms with Crippen LogP contribution in [0.4, 0.5) is 0 Å². The lowest BCUT2D eigenvalue weighted by molar-refractivity contribution is -0.0505. The molecule has 2 atom stereocenters. The Hall–Kier alpha value is -2.25. The molecule has 0 spiro atoms. The highest BCUT2D eigenvalue weighted by molar-refractivity contribution is 5.92. The third-order valence-corrected chi connectivity index (χ3v) is 5.13. The fourth-order valence-electron chi connectivity index (χ4n) is 3.70. The number of rotatable bonds is 3. The smallest absolute Gasteiger partial charge is 0.272 e. The van der Waals surface area contributed by atoms with Gasteiger partial charge in [-0.05, 0) is 26.0 Å². The summed E-state index contributed by atoms with van der Waals surface area (Å²) < 4.78 is 11.2. The number of aryl methyl sites for hydroxylation is 2. The minimum absolute atomic E-state index is 0.0316. The first-order valence-electron chi connectivity index (χ1n) is 8.61. The summed E-state index contributed by atoms with van der Waals surface area (Å²) in [6.07, 6.45) is 1.69. The van der Waals surface area contributed by atoms with Crippen LogP contribution < -0.4 is 0 Å². The van der Waals surface area contributed by atoms with E-state index >= 15 is 0 Å². The standard InChI is InChI=1S/C18H22N4O3/c1-12-14(13(2)25-20-12)9-21-7-8-24-17-11-22(10-16(17)21)18(23)15-5-3-4-6-19-15/h3-6,16-17H,7-11H2,1-2H3/t16-,17+/m0/s1. The zero-order chi connectivity index (χ0) is 17.4. The Labute approximate surface area is 146 Å². The summed E-state index contributed by atoms with van der Waals surface area (Å²) in [5.41, 5.74) is 2.55. The monoisotopic (exact) mass is 342 g/mol. The van der Waals surface area contributed by atoms with Gasteiger partial charge in [-0.1, -0.05) is 11.2 Å². The first kappa shape index (κ1) is 16.2. The summed E-state index contributed by atoms with van der Waals surface area (Å²) in [6.45, 7) is 7.47. The Kier molecular flexibility index (Phi) is 4.27. The molecule has 0 aromatic carbocycles. The first-order valence-corrected chi connectivity index (χ1v) is 8.61. The van der Waals surface area contributed by atoms with E-state index in [1.165, 1.54) is 0 Å². The molecule has 2 aliphatic rings. The van der Waals surface area contributed by atoms with Gasteiger partial charge < -0.3 is 14.2 Å². The third-order valence-electron chi connectivity index (χ3n) is 5.13. The average Bonchev–Trinajstić information content (AvgIpc) is 3.21. The van der Waals surface area contributed by atoms with Gasteiger partial charge in [-0.15, -0.1) is 0 Å². The number of carbonyl (C=O) groups is 1. The van der Waals surface area contributed by atoms with Crippen molar-refractivity contribution < 1.29 is 14.1 Å². The van der Waals surface area contributed by atoms with Crippen molar-refractivity contribution in [1.29, 1.82) is 0 Å². The highest BCUT2D eigenvalue weighted by Gasteiger charge is 2.42. The molecule has 4 heterocycles. The lowest BCUT2D eigenvalue weighted by Gasteiger charge is -2.36. The maximum Gasteiger partial charge on any atom is 0.272 e. The van der Waals surface area contributed by atoms with Crippen molar-refractivity contribution >= 4 is 5.91 Å². The van der Waals surface area contributed by atoms with Gasteiger partial charge in [0, 0.05) is 37.9 Å². The number of likely N-dealkylation sites (tertiary alicyclic amines) is 1. The van der Waals surface area contributed by atoms with Gasteiger partial charge in [0.15, 0.2) is 0 Å². The molecule has 0 bridgehead atoms.